The summed E-state index contributed by atoms with van der Waals surface area (Å²) in [6.07, 6.45) is 1.12. The summed E-state index contributed by atoms with van der Waals surface area (Å²) < 4.78 is 27.4. The average Bonchev–Trinajstić information content (AvgIpc) is 3.07. The highest BCUT2D eigenvalue weighted by Gasteiger charge is 2.26. The molecule has 0 aromatic heterocycles. The minimum absolute atomic E-state index is 0.106. The van der Waals surface area contributed by atoms with Crippen LogP contribution in [0, 0.1) is 5.92 Å². The average molecular weight is 388 g/mol. The SMILES string of the molecule is O=C(c1ccc(NS(=O)O)cc1Cl)N1CCN(CC2CCOC2)CC1. The van der Waals surface area contributed by atoms with E-state index in [1.165, 1.54) is 6.07 Å². The molecule has 2 fully saturated rings. The minimum atomic E-state index is -2.17. The van der Waals surface area contributed by atoms with Crippen LogP contribution < -0.4 is 4.72 Å². The molecule has 7 nitrogen and oxygen atoms in total. The van der Waals surface area contributed by atoms with Gasteiger partial charge in [-0.2, -0.15) is 0 Å². The lowest BCUT2D eigenvalue weighted by molar-refractivity contribution is 0.0611. The minimum Gasteiger partial charge on any atom is -0.381 e. The van der Waals surface area contributed by atoms with Crippen LogP contribution in [0.3, 0.4) is 0 Å². The van der Waals surface area contributed by atoms with Crippen LogP contribution in [0.4, 0.5) is 5.69 Å². The summed E-state index contributed by atoms with van der Waals surface area (Å²) in [5.41, 5.74) is 0.805. The molecule has 138 valence electrons. The van der Waals surface area contributed by atoms with Crippen LogP contribution in [0.25, 0.3) is 0 Å². The lowest BCUT2D eigenvalue weighted by atomic mass is 10.1. The number of carbonyl (C=O) groups excluding carboxylic acids is 1. The first-order chi connectivity index (χ1) is 12.0. The van der Waals surface area contributed by atoms with Gasteiger partial charge in [-0.25, -0.2) is 4.21 Å². The second kappa shape index (κ2) is 8.46. The number of rotatable bonds is 5. The van der Waals surface area contributed by atoms with Crippen molar-refractivity contribution in [3.8, 4) is 0 Å². The maximum absolute atomic E-state index is 12.7. The zero-order valence-electron chi connectivity index (χ0n) is 13.8. The van der Waals surface area contributed by atoms with E-state index in [2.05, 4.69) is 9.62 Å². The van der Waals surface area contributed by atoms with Crippen molar-refractivity contribution in [2.24, 2.45) is 5.92 Å². The molecule has 9 heteroatoms. The molecule has 3 rings (SSSR count). The number of anilines is 1. The topological polar surface area (TPSA) is 82.1 Å². The number of benzene rings is 1. The van der Waals surface area contributed by atoms with Crippen molar-refractivity contribution in [3.05, 3.63) is 28.8 Å². The van der Waals surface area contributed by atoms with Crippen LogP contribution in [0.2, 0.25) is 5.02 Å². The third kappa shape index (κ3) is 4.92. The zero-order chi connectivity index (χ0) is 17.8. The molecule has 1 amide bonds. The van der Waals surface area contributed by atoms with Gasteiger partial charge in [-0.15, -0.1) is 0 Å². The van der Waals surface area contributed by atoms with Crippen molar-refractivity contribution in [2.75, 3.05) is 50.7 Å². The molecular formula is C16H22ClN3O4S. The third-order valence-corrected chi connectivity index (χ3v) is 5.33. The van der Waals surface area contributed by atoms with E-state index in [0.717, 1.165) is 39.3 Å². The van der Waals surface area contributed by atoms with Crippen LogP contribution in [0.5, 0.6) is 0 Å². The van der Waals surface area contributed by atoms with Gasteiger partial charge >= 0.3 is 0 Å². The Bertz CT molecular complexity index is 646. The van der Waals surface area contributed by atoms with Gasteiger partial charge in [0.2, 0.25) is 0 Å². The van der Waals surface area contributed by atoms with Gasteiger partial charge in [0.25, 0.3) is 17.2 Å². The summed E-state index contributed by atoms with van der Waals surface area (Å²) >= 11 is 4.01. The first-order valence-corrected chi connectivity index (χ1v) is 9.78. The normalized spacial score (nSPS) is 22.8. The number of nitrogens with zero attached hydrogens (tertiary/aromatic N) is 2. The van der Waals surface area contributed by atoms with Crippen LogP contribution in [-0.4, -0.2) is 70.4 Å². The van der Waals surface area contributed by atoms with Crippen LogP contribution >= 0.6 is 11.6 Å². The van der Waals surface area contributed by atoms with E-state index in [-0.39, 0.29) is 10.9 Å². The van der Waals surface area contributed by atoms with Crippen molar-refractivity contribution < 1.29 is 18.3 Å². The highest BCUT2D eigenvalue weighted by molar-refractivity contribution is 7.80. The Hall–Kier alpha value is -1.19. The molecule has 0 bridgehead atoms. The molecule has 25 heavy (non-hydrogen) atoms. The molecule has 2 aliphatic heterocycles. The van der Waals surface area contributed by atoms with Gasteiger partial charge in [0.1, 0.15) is 0 Å². The van der Waals surface area contributed by atoms with E-state index >= 15 is 0 Å². The number of piperazine rings is 1. The number of carbonyl (C=O) groups is 1. The van der Waals surface area contributed by atoms with Crippen molar-refractivity contribution in [1.82, 2.24) is 9.80 Å². The van der Waals surface area contributed by atoms with Crippen molar-refractivity contribution in [3.63, 3.8) is 0 Å². The fourth-order valence-electron chi connectivity index (χ4n) is 3.25. The number of halogens is 1. The van der Waals surface area contributed by atoms with E-state index in [1.807, 2.05) is 0 Å². The molecule has 2 N–H and O–H groups in total. The highest BCUT2D eigenvalue weighted by atomic mass is 35.5. The quantitative estimate of drug-likeness (QED) is 0.751. The Morgan fingerprint density at radius 2 is 2.12 bits per heavy atom. The molecule has 0 radical (unpaired) electrons. The predicted molar refractivity (Wildman–Crippen MR) is 97.1 cm³/mol. The van der Waals surface area contributed by atoms with E-state index < -0.39 is 11.3 Å². The van der Waals surface area contributed by atoms with Crippen LogP contribution in [-0.2, 0) is 16.0 Å². The number of nitrogens with one attached hydrogen (secondary N) is 1. The van der Waals surface area contributed by atoms with Crippen molar-refractivity contribution in [1.29, 1.82) is 0 Å². The Balaban J connectivity index is 1.56. The zero-order valence-corrected chi connectivity index (χ0v) is 15.4. The molecule has 0 spiro atoms. The number of hydrogen-bond donors (Lipinski definition) is 2. The van der Waals surface area contributed by atoms with Gasteiger partial charge < -0.3 is 9.64 Å². The van der Waals surface area contributed by atoms with Gasteiger partial charge in [0.05, 0.1) is 17.2 Å². The second-order valence-electron chi connectivity index (χ2n) is 6.37. The lowest BCUT2D eigenvalue weighted by Gasteiger charge is -2.35. The molecule has 1 aromatic carbocycles. The van der Waals surface area contributed by atoms with Gasteiger partial charge in [0, 0.05) is 45.0 Å². The molecule has 2 saturated heterocycles. The maximum atomic E-state index is 12.7. The fourth-order valence-corrected chi connectivity index (χ4v) is 3.84. The molecule has 2 unspecified atom stereocenters. The summed E-state index contributed by atoms with van der Waals surface area (Å²) in [5, 5.41) is 0.269. The Morgan fingerprint density at radius 3 is 2.72 bits per heavy atom. The maximum Gasteiger partial charge on any atom is 0.259 e. The monoisotopic (exact) mass is 387 g/mol. The fraction of sp³-hybridized carbons (Fsp3) is 0.562. The number of amides is 1. The van der Waals surface area contributed by atoms with E-state index in [4.69, 9.17) is 20.9 Å². The summed E-state index contributed by atoms with van der Waals surface area (Å²) in [6, 6.07) is 4.64. The summed E-state index contributed by atoms with van der Waals surface area (Å²) in [6.45, 7) is 5.77. The lowest BCUT2D eigenvalue weighted by Crippen LogP contribution is -2.49. The second-order valence-corrected chi connectivity index (χ2v) is 7.48. The number of hydrogen-bond acceptors (Lipinski definition) is 4. The first kappa shape index (κ1) is 18.6. The van der Waals surface area contributed by atoms with Crippen LogP contribution in [0.15, 0.2) is 18.2 Å². The smallest absolute Gasteiger partial charge is 0.259 e. The Kier molecular flexibility index (Phi) is 6.29. The summed E-state index contributed by atoms with van der Waals surface area (Å²) in [4.78, 5) is 16.9. The third-order valence-electron chi connectivity index (χ3n) is 4.60. The largest absolute Gasteiger partial charge is 0.381 e. The highest BCUT2D eigenvalue weighted by Crippen LogP contribution is 2.23. The Labute approximate surface area is 154 Å². The molecule has 2 heterocycles. The van der Waals surface area contributed by atoms with Crippen molar-refractivity contribution in [2.45, 2.75) is 6.42 Å². The van der Waals surface area contributed by atoms with Gasteiger partial charge in [-0.3, -0.25) is 19.0 Å². The van der Waals surface area contributed by atoms with Gasteiger partial charge in [-0.05, 0) is 30.5 Å². The molecule has 2 atom stereocenters. The summed E-state index contributed by atoms with van der Waals surface area (Å²) in [7, 11) is 0. The van der Waals surface area contributed by atoms with Crippen molar-refractivity contribution >= 4 is 34.5 Å². The molecule has 0 aliphatic carbocycles. The molecular weight excluding hydrogens is 366 g/mol. The van der Waals surface area contributed by atoms with Crippen LogP contribution in [0.1, 0.15) is 16.8 Å². The van der Waals surface area contributed by atoms with E-state index in [0.29, 0.717) is 30.3 Å². The van der Waals surface area contributed by atoms with Gasteiger partial charge in [0.15, 0.2) is 0 Å². The summed E-state index contributed by atoms with van der Waals surface area (Å²) in [5.74, 6) is 0.499. The number of ether oxygens (including phenoxy) is 1. The van der Waals surface area contributed by atoms with Gasteiger partial charge in [-0.1, -0.05) is 11.6 Å². The molecule has 1 aromatic rings. The first-order valence-electron chi connectivity index (χ1n) is 8.29. The molecule has 0 saturated carbocycles. The standard InChI is InChI=1S/C16H22ClN3O4S/c17-15-9-13(18-25(22)23)1-2-14(15)16(21)20-6-4-19(5-7-20)10-12-3-8-24-11-12/h1-2,9,12,18H,3-8,10-11H2,(H,22,23). The van der Waals surface area contributed by atoms with E-state index in [9.17, 15) is 9.00 Å². The van der Waals surface area contributed by atoms with E-state index in [1.54, 1.807) is 17.0 Å². The predicted octanol–water partition coefficient (Wildman–Crippen LogP) is 1.68. The Morgan fingerprint density at radius 1 is 1.36 bits per heavy atom. The molecule has 2 aliphatic rings.